The normalized spacial score (nSPS) is 10.7. The smallest absolute Gasteiger partial charge is 0.291 e. The van der Waals surface area contributed by atoms with Gasteiger partial charge < -0.3 is 15.1 Å². The molecule has 2 heterocycles. The zero-order valence-corrected chi connectivity index (χ0v) is 15.0. The van der Waals surface area contributed by atoms with Gasteiger partial charge in [-0.2, -0.15) is 0 Å². The Hall–Kier alpha value is -3.67. The molecular formula is C21H18N4O2. The van der Waals surface area contributed by atoms with Gasteiger partial charge in [-0.25, -0.2) is 9.97 Å². The summed E-state index contributed by atoms with van der Waals surface area (Å²) in [6.45, 7) is 3.79. The molecule has 6 heteroatoms. The van der Waals surface area contributed by atoms with E-state index in [0.717, 1.165) is 28.1 Å². The first-order valence-electron chi connectivity index (χ1n) is 8.55. The SMILES string of the molecule is Cc1cc(Nc2ccc(NC(=O)c3oc4ccccc4c3C)cc2)ncn1. The van der Waals surface area contributed by atoms with Crippen LogP contribution in [0.15, 0.2) is 65.3 Å². The number of hydrogen-bond donors (Lipinski definition) is 2. The van der Waals surface area contributed by atoms with Crippen molar-refractivity contribution in [2.75, 3.05) is 10.6 Å². The number of para-hydroxylation sites is 1. The van der Waals surface area contributed by atoms with E-state index in [2.05, 4.69) is 20.6 Å². The van der Waals surface area contributed by atoms with Crippen molar-refractivity contribution >= 4 is 34.1 Å². The summed E-state index contributed by atoms with van der Waals surface area (Å²) < 4.78 is 5.71. The molecule has 0 unspecified atom stereocenters. The Morgan fingerprint density at radius 3 is 2.44 bits per heavy atom. The van der Waals surface area contributed by atoms with Crippen molar-refractivity contribution in [3.8, 4) is 0 Å². The zero-order chi connectivity index (χ0) is 18.8. The molecule has 0 atom stereocenters. The van der Waals surface area contributed by atoms with Crippen molar-refractivity contribution in [2.24, 2.45) is 0 Å². The summed E-state index contributed by atoms with van der Waals surface area (Å²) >= 11 is 0. The second-order valence-corrected chi connectivity index (χ2v) is 6.25. The molecule has 2 N–H and O–H groups in total. The number of furan rings is 1. The first-order chi connectivity index (χ1) is 13.1. The predicted octanol–water partition coefficient (Wildman–Crippen LogP) is 4.84. The number of carbonyl (C=O) groups is 1. The molecule has 0 fully saturated rings. The topological polar surface area (TPSA) is 80.0 Å². The molecule has 0 aliphatic heterocycles. The van der Waals surface area contributed by atoms with Crippen molar-refractivity contribution in [3.63, 3.8) is 0 Å². The Bertz CT molecular complexity index is 1120. The maximum atomic E-state index is 12.6. The Kier molecular flexibility index (Phi) is 4.30. The number of aromatic nitrogens is 2. The summed E-state index contributed by atoms with van der Waals surface area (Å²) in [7, 11) is 0. The average Bonchev–Trinajstić information content (AvgIpc) is 3.01. The molecule has 4 rings (SSSR count). The molecule has 4 aromatic rings. The number of rotatable bonds is 4. The second-order valence-electron chi connectivity index (χ2n) is 6.25. The molecule has 0 aliphatic carbocycles. The van der Waals surface area contributed by atoms with Gasteiger partial charge in [0.05, 0.1) is 0 Å². The van der Waals surface area contributed by atoms with E-state index >= 15 is 0 Å². The number of fused-ring (bicyclic) bond motifs is 1. The van der Waals surface area contributed by atoms with E-state index in [1.807, 2.05) is 68.4 Å². The van der Waals surface area contributed by atoms with Gasteiger partial charge in [-0.1, -0.05) is 18.2 Å². The molecule has 6 nitrogen and oxygen atoms in total. The van der Waals surface area contributed by atoms with Crippen LogP contribution in [0.1, 0.15) is 21.8 Å². The van der Waals surface area contributed by atoms with Crippen molar-refractivity contribution < 1.29 is 9.21 Å². The quantitative estimate of drug-likeness (QED) is 0.546. The highest BCUT2D eigenvalue weighted by molar-refractivity contribution is 6.06. The fourth-order valence-electron chi connectivity index (χ4n) is 2.89. The number of nitrogens with one attached hydrogen (secondary N) is 2. The van der Waals surface area contributed by atoms with Crippen LogP contribution >= 0.6 is 0 Å². The van der Waals surface area contributed by atoms with Crippen LogP contribution in [0.4, 0.5) is 17.2 Å². The highest BCUT2D eigenvalue weighted by Gasteiger charge is 2.17. The van der Waals surface area contributed by atoms with Gasteiger partial charge in [0.25, 0.3) is 5.91 Å². The van der Waals surface area contributed by atoms with Crippen LogP contribution in [-0.2, 0) is 0 Å². The van der Waals surface area contributed by atoms with E-state index in [-0.39, 0.29) is 5.91 Å². The Morgan fingerprint density at radius 1 is 0.963 bits per heavy atom. The first kappa shape index (κ1) is 16.8. The first-order valence-corrected chi connectivity index (χ1v) is 8.55. The molecule has 27 heavy (non-hydrogen) atoms. The van der Waals surface area contributed by atoms with Gasteiger partial charge in [0, 0.05) is 34.1 Å². The van der Waals surface area contributed by atoms with Crippen molar-refractivity contribution in [1.29, 1.82) is 0 Å². The number of anilines is 3. The van der Waals surface area contributed by atoms with Gasteiger partial charge in [0.2, 0.25) is 0 Å². The predicted molar refractivity (Wildman–Crippen MR) is 105 cm³/mol. The molecule has 0 aliphatic rings. The molecule has 0 saturated carbocycles. The molecule has 0 spiro atoms. The molecular weight excluding hydrogens is 340 g/mol. The van der Waals surface area contributed by atoms with Crippen LogP contribution in [0.3, 0.4) is 0 Å². The van der Waals surface area contributed by atoms with Crippen molar-refractivity contribution in [3.05, 3.63) is 77.9 Å². The summed E-state index contributed by atoms with van der Waals surface area (Å²) in [6, 6.07) is 16.9. The highest BCUT2D eigenvalue weighted by atomic mass is 16.3. The minimum absolute atomic E-state index is 0.268. The lowest BCUT2D eigenvalue weighted by atomic mass is 10.1. The lowest BCUT2D eigenvalue weighted by molar-refractivity contribution is 0.0998. The van der Waals surface area contributed by atoms with E-state index < -0.39 is 0 Å². The lowest BCUT2D eigenvalue weighted by Crippen LogP contribution is -2.12. The van der Waals surface area contributed by atoms with Crippen LogP contribution in [0, 0.1) is 13.8 Å². The molecule has 134 valence electrons. The Morgan fingerprint density at radius 2 is 1.70 bits per heavy atom. The van der Waals surface area contributed by atoms with E-state index in [1.54, 1.807) is 0 Å². The summed E-state index contributed by atoms with van der Waals surface area (Å²) in [5.41, 5.74) is 3.98. The molecule has 0 saturated heterocycles. The van der Waals surface area contributed by atoms with Gasteiger partial charge in [0.15, 0.2) is 5.76 Å². The third-order valence-electron chi connectivity index (χ3n) is 4.27. The number of amides is 1. The van der Waals surface area contributed by atoms with E-state index in [4.69, 9.17) is 4.42 Å². The lowest BCUT2D eigenvalue weighted by Gasteiger charge is -2.08. The summed E-state index contributed by atoms with van der Waals surface area (Å²) in [5, 5.41) is 7.02. The maximum Gasteiger partial charge on any atom is 0.291 e. The minimum atomic E-state index is -0.268. The number of nitrogens with zero attached hydrogens (tertiary/aromatic N) is 2. The second kappa shape index (κ2) is 6.92. The average molecular weight is 358 g/mol. The Labute approximate surface area is 156 Å². The summed E-state index contributed by atoms with van der Waals surface area (Å²) in [6.07, 6.45) is 1.52. The van der Waals surface area contributed by atoms with E-state index in [0.29, 0.717) is 17.0 Å². The summed E-state index contributed by atoms with van der Waals surface area (Å²) in [5.74, 6) is 0.780. The molecule has 0 bridgehead atoms. The van der Waals surface area contributed by atoms with E-state index in [9.17, 15) is 4.79 Å². The molecule has 2 aromatic heterocycles. The third-order valence-corrected chi connectivity index (χ3v) is 4.27. The van der Waals surface area contributed by atoms with E-state index in [1.165, 1.54) is 6.33 Å². The number of hydrogen-bond acceptors (Lipinski definition) is 5. The Balaban J connectivity index is 1.49. The van der Waals surface area contributed by atoms with Crippen LogP contribution in [0.2, 0.25) is 0 Å². The largest absolute Gasteiger partial charge is 0.451 e. The van der Waals surface area contributed by atoms with Gasteiger partial charge in [-0.05, 0) is 44.2 Å². The molecule has 2 aromatic carbocycles. The fraction of sp³-hybridized carbons (Fsp3) is 0.0952. The third kappa shape index (κ3) is 3.50. The van der Waals surface area contributed by atoms with Gasteiger partial charge >= 0.3 is 0 Å². The van der Waals surface area contributed by atoms with Gasteiger partial charge in [-0.15, -0.1) is 0 Å². The fourth-order valence-corrected chi connectivity index (χ4v) is 2.89. The number of carbonyl (C=O) groups excluding carboxylic acids is 1. The maximum absolute atomic E-state index is 12.6. The van der Waals surface area contributed by atoms with Crippen LogP contribution < -0.4 is 10.6 Å². The van der Waals surface area contributed by atoms with Crippen molar-refractivity contribution in [2.45, 2.75) is 13.8 Å². The molecule has 0 radical (unpaired) electrons. The van der Waals surface area contributed by atoms with Gasteiger partial charge in [0.1, 0.15) is 17.7 Å². The molecule has 1 amide bonds. The van der Waals surface area contributed by atoms with Crippen molar-refractivity contribution in [1.82, 2.24) is 9.97 Å². The highest BCUT2D eigenvalue weighted by Crippen LogP contribution is 2.26. The zero-order valence-electron chi connectivity index (χ0n) is 15.0. The number of aryl methyl sites for hydroxylation is 2. The van der Waals surface area contributed by atoms with Gasteiger partial charge in [-0.3, -0.25) is 4.79 Å². The van der Waals surface area contributed by atoms with Crippen LogP contribution in [-0.4, -0.2) is 15.9 Å². The van der Waals surface area contributed by atoms with Crippen LogP contribution in [0.5, 0.6) is 0 Å². The van der Waals surface area contributed by atoms with Crippen LogP contribution in [0.25, 0.3) is 11.0 Å². The number of benzene rings is 2. The minimum Gasteiger partial charge on any atom is -0.451 e. The summed E-state index contributed by atoms with van der Waals surface area (Å²) in [4.78, 5) is 20.8. The monoisotopic (exact) mass is 358 g/mol. The standard InChI is InChI=1S/C21H18N4O2/c1-13-11-19(23-12-22-13)24-15-7-9-16(10-8-15)25-21(26)20-14(2)17-5-3-4-6-18(17)27-20/h3-12H,1-2H3,(H,25,26)(H,22,23,24).